The SMILES string of the molecule is COc1ccc(-c2noc(CCC(=O)N[C@H](C)c3ccc(Cl)cc3)n2)cc1. The van der Waals surface area contributed by atoms with E-state index in [1.807, 2.05) is 43.3 Å². The van der Waals surface area contributed by atoms with Gasteiger partial charge >= 0.3 is 0 Å². The average Bonchev–Trinajstić information content (AvgIpc) is 3.16. The van der Waals surface area contributed by atoms with Gasteiger partial charge in [0.05, 0.1) is 13.2 Å². The number of ether oxygens (including phenoxy) is 1. The Labute approximate surface area is 162 Å². The Morgan fingerprint density at radius 2 is 1.89 bits per heavy atom. The van der Waals surface area contributed by atoms with Crippen molar-refractivity contribution in [3.05, 3.63) is 65.0 Å². The lowest BCUT2D eigenvalue weighted by atomic mass is 10.1. The molecule has 0 fully saturated rings. The van der Waals surface area contributed by atoms with Gasteiger partial charge in [0.2, 0.25) is 17.6 Å². The molecule has 0 aliphatic heterocycles. The Morgan fingerprint density at radius 1 is 1.19 bits per heavy atom. The second-order valence-corrected chi connectivity index (χ2v) is 6.52. The van der Waals surface area contributed by atoms with Crippen molar-refractivity contribution in [1.82, 2.24) is 15.5 Å². The van der Waals surface area contributed by atoms with E-state index in [4.69, 9.17) is 20.9 Å². The number of aromatic nitrogens is 2. The first-order chi connectivity index (χ1) is 13.0. The summed E-state index contributed by atoms with van der Waals surface area (Å²) in [7, 11) is 1.61. The van der Waals surface area contributed by atoms with Gasteiger partial charge in [0.1, 0.15) is 5.75 Å². The van der Waals surface area contributed by atoms with Crippen LogP contribution in [0, 0.1) is 0 Å². The van der Waals surface area contributed by atoms with E-state index >= 15 is 0 Å². The molecule has 0 bridgehead atoms. The number of amides is 1. The molecule has 0 aliphatic carbocycles. The maximum absolute atomic E-state index is 12.2. The van der Waals surface area contributed by atoms with Crippen molar-refractivity contribution >= 4 is 17.5 Å². The molecule has 0 spiro atoms. The molecule has 1 aromatic heterocycles. The van der Waals surface area contributed by atoms with Crippen molar-refractivity contribution in [3.8, 4) is 17.1 Å². The number of nitrogens with one attached hydrogen (secondary N) is 1. The minimum atomic E-state index is -0.104. The quantitative estimate of drug-likeness (QED) is 0.659. The molecule has 3 aromatic rings. The highest BCUT2D eigenvalue weighted by molar-refractivity contribution is 6.30. The molecule has 6 nitrogen and oxygen atoms in total. The number of carbonyl (C=O) groups excluding carboxylic acids is 1. The van der Waals surface area contributed by atoms with E-state index in [0.29, 0.717) is 23.2 Å². The van der Waals surface area contributed by atoms with Crippen molar-refractivity contribution < 1.29 is 14.1 Å². The van der Waals surface area contributed by atoms with Crippen molar-refractivity contribution in [2.45, 2.75) is 25.8 Å². The van der Waals surface area contributed by atoms with E-state index in [9.17, 15) is 4.79 Å². The normalized spacial score (nSPS) is 11.8. The van der Waals surface area contributed by atoms with Crippen LogP contribution in [0.3, 0.4) is 0 Å². The monoisotopic (exact) mass is 385 g/mol. The number of carbonyl (C=O) groups is 1. The first kappa shape index (κ1) is 18.9. The van der Waals surface area contributed by atoms with Crippen LogP contribution in [0.4, 0.5) is 0 Å². The Bertz CT molecular complexity index is 892. The van der Waals surface area contributed by atoms with Crippen LogP contribution in [0.25, 0.3) is 11.4 Å². The van der Waals surface area contributed by atoms with E-state index in [2.05, 4.69) is 15.5 Å². The van der Waals surface area contributed by atoms with E-state index in [0.717, 1.165) is 16.9 Å². The molecule has 7 heteroatoms. The predicted octanol–water partition coefficient (Wildman–Crippen LogP) is 4.21. The van der Waals surface area contributed by atoms with Crippen molar-refractivity contribution in [2.75, 3.05) is 7.11 Å². The minimum Gasteiger partial charge on any atom is -0.497 e. The third kappa shape index (κ3) is 5.08. The number of methoxy groups -OCH3 is 1. The lowest BCUT2D eigenvalue weighted by Crippen LogP contribution is -2.26. The smallest absolute Gasteiger partial charge is 0.227 e. The molecular weight excluding hydrogens is 366 g/mol. The summed E-state index contributed by atoms with van der Waals surface area (Å²) in [4.78, 5) is 16.5. The molecule has 140 valence electrons. The highest BCUT2D eigenvalue weighted by Crippen LogP contribution is 2.20. The standard InChI is InChI=1S/C20H20ClN3O3/c1-13(14-3-7-16(21)8-4-14)22-18(25)11-12-19-23-20(24-27-19)15-5-9-17(26-2)10-6-15/h3-10,13H,11-12H2,1-2H3,(H,22,25)/t13-/m1/s1. The van der Waals surface area contributed by atoms with Crippen LogP contribution >= 0.6 is 11.6 Å². The summed E-state index contributed by atoms with van der Waals surface area (Å²) in [6.45, 7) is 1.93. The molecule has 0 saturated heterocycles. The van der Waals surface area contributed by atoms with E-state index in [1.54, 1.807) is 19.2 Å². The molecular formula is C20H20ClN3O3. The average molecular weight is 386 g/mol. The third-order valence-corrected chi connectivity index (χ3v) is 4.38. The number of nitrogens with zero attached hydrogens (tertiary/aromatic N) is 2. The Morgan fingerprint density at radius 3 is 2.56 bits per heavy atom. The third-order valence-electron chi connectivity index (χ3n) is 4.13. The lowest BCUT2D eigenvalue weighted by molar-refractivity contribution is -0.121. The zero-order valence-electron chi connectivity index (χ0n) is 15.1. The topological polar surface area (TPSA) is 77.2 Å². The predicted molar refractivity (Wildman–Crippen MR) is 103 cm³/mol. The Hall–Kier alpha value is -2.86. The zero-order valence-corrected chi connectivity index (χ0v) is 15.9. The molecule has 0 radical (unpaired) electrons. The molecule has 0 saturated carbocycles. The fourth-order valence-electron chi connectivity index (χ4n) is 2.58. The van der Waals surface area contributed by atoms with Gasteiger partial charge in [-0.25, -0.2) is 0 Å². The first-order valence-electron chi connectivity index (χ1n) is 8.57. The summed E-state index contributed by atoms with van der Waals surface area (Å²) in [5, 5.41) is 7.58. The summed E-state index contributed by atoms with van der Waals surface area (Å²) in [5.41, 5.74) is 1.82. The number of aryl methyl sites for hydroxylation is 1. The van der Waals surface area contributed by atoms with E-state index < -0.39 is 0 Å². The number of benzene rings is 2. The minimum absolute atomic E-state index is 0.0818. The van der Waals surface area contributed by atoms with Gasteiger partial charge in [0.15, 0.2) is 0 Å². The van der Waals surface area contributed by atoms with Crippen LogP contribution in [0.5, 0.6) is 5.75 Å². The van der Waals surface area contributed by atoms with Gasteiger partial charge in [-0.3, -0.25) is 4.79 Å². The van der Waals surface area contributed by atoms with Crippen molar-refractivity contribution in [2.24, 2.45) is 0 Å². The van der Waals surface area contributed by atoms with Gasteiger partial charge in [-0.05, 0) is 48.9 Å². The summed E-state index contributed by atoms with van der Waals surface area (Å²) in [6, 6.07) is 14.7. The van der Waals surface area contributed by atoms with Crippen LogP contribution in [-0.4, -0.2) is 23.2 Å². The zero-order chi connectivity index (χ0) is 19.2. The molecule has 27 heavy (non-hydrogen) atoms. The molecule has 3 rings (SSSR count). The fraction of sp³-hybridized carbons (Fsp3) is 0.250. The molecule has 1 atom stereocenters. The van der Waals surface area contributed by atoms with Crippen LogP contribution < -0.4 is 10.1 Å². The number of rotatable bonds is 7. The fourth-order valence-corrected chi connectivity index (χ4v) is 2.71. The van der Waals surface area contributed by atoms with Crippen LogP contribution in [0.1, 0.15) is 30.8 Å². The van der Waals surface area contributed by atoms with Gasteiger partial charge in [-0.15, -0.1) is 0 Å². The summed E-state index contributed by atoms with van der Waals surface area (Å²) in [6.07, 6.45) is 0.643. The highest BCUT2D eigenvalue weighted by Gasteiger charge is 2.13. The molecule has 1 N–H and O–H groups in total. The Kier molecular flexibility index (Phi) is 6.08. The van der Waals surface area contributed by atoms with Gasteiger partial charge < -0.3 is 14.6 Å². The highest BCUT2D eigenvalue weighted by atomic mass is 35.5. The molecule has 1 amide bonds. The van der Waals surface area contributed by atoms with Crippen LogP contribution in [-0.2, 0) is 11.2 Å². The summed E-state index contributed by atoms with van der Waals surface area (Å²) >= 11 is 5.88. The van der Waals surface area contributed by atoms with Gasteiger partial charge in [-0.1, -0.05) is 28.9 Å². The Balaban J connectivity index is 1.53. The van der Waals surface area contributed by atoms with Crippen LogP contribution in [0.15, 0.2) is 53.1 Å². The van der Waals surface area contributed by atoms with Gasteiger partial charge in [0.25, 0.3) is 0 Å². The number of hydrogen-bond donors (Lipinski definition) is 1. The van der Waals surface area contributed by atoms with Crippen molar-refractivity contribution in [3.63, 3.8) is 0 Å². The summed E-state index contributed by atoms with van der Waals surface area (Å²) in [5.74, 6) is 1.59. The number of hydrogen-bond acceptors (Lipinski definition) is 5. The first-order valence-corrected chi connectivity index (χ1v) is 8.95. The second kappa shape index (κ2) is 8.68. The molecule has 1 heterocycles. The summed E-state index contributed by atoms with van der Waals surface area (Å²) < 4.78 is 10.4. The van der Waals surface area contributed by atoms with Crippen molar-refractivity contribution in [1.29, 1.82) is 0 Å². The maximum Gasteiger partial charge on any atom is 0.227 e. The molecule has 2 aromatic carbocycles. The van der Waals surface area contributed by atoms with Gasteiger partial charge in [-0.2, -0.15) is 4.98 Å². The maximum atomic E-state index is 12.2. The van der Waals surface area contributed by atoms with E-state index in [-0.39, 0.29) is 18.4 Å². The molecule has 0 unspecified atom stereocenters. The number of halogens is 1. The molecule has 0 aliphatic rings. The van der Waals surface area contributed by atoms with E-state index in [1.165, 1.54) is 0 Å². The lowest BCUT2D eigenvalue weighted by Gasteiger charge is -2.14. The second-order valence-electron chi connectivity index (χ2n) is 6.08. The van der Waals surface area contributed by atoms with Crippen LogP contribution in [0.2, 0.25) is 5.02 Å². The largest absolute Gasteiger partial charge is 0.497 e. The van der Waals surface area contributed by atoms with Gasteiger partial charge in [0, 0.05) is 23.4 Å².